The van der Waals surface area contributed by atoms with E-state index in [4.69, 9.17) is 16.3 Å². The van der Waals surface area contributed by atoms with Crippen LogP contribution in [0.4, 0.5) is 0 Å². The maximum Gasteiger partial charge on any atom is 0.178 e. The first kappa shape index (κ1) is 9.68. The van der Waals surface area contributed by atoms with Crippen molar-refractivity contribution in [1.82, 2.24) is 0 Å². The van der Waals surface area contributed by atoms with Gasteiger partial charge in [0, 0.05) is 5.56 Å². The highest BCUT2D eigenvalue weighted by Crippen LogP contribution is 2.34. The monoisotopic (exact) mass is 229 g/mol. The van der Waals surface area contributed by atoms with E-state index in [1.54, 1.807) is 7.11 Å². The molecule has 0 radical (unpaired) electrons. The molecule has 0 fully saturated rings. The molecule has 1 aromatic carbocycles. The standard InChI is InChI=1S/C9H8ClNO2S/c1-5-3-6-8(7(4-5)13-2)14(12)11-9(6)10/h3-4H,1-2H3. The Hall–Kier alpha value is -0.870. The average Bonchev–Trinajstić information content (AvgIpc) is 2.41. The summed E-state index contributed by atoms with van der Waals surface area (Å²) in [5.74, 6) is 0.581. The Morgan fingerprint density at radius 2 is 2.21 bits per heavy atom. The number of benzene rings is 1. The van der Waals surface area contributed by atoms with Gasteiger partial charge in [0.2, 0.25) is 0 Å². The number of fused-ring (bicyclic) bond motifs is 1. The number of nitrogens with zero attached hydrogens (tertiary/aromatic N) is 1. The topological polar surface area (TPSA) is 38.7 Å². The zero-order valence-electron chi connectivity index (χ0n) is 7.70. The van der Waals surface area contributed by atoms with Gasteiger partial charge in [0.25, 0.3) is 0 Å². The summed E-state index contributed by atoms with van der Waals surface area (Å²) in [6.07, 6.45) is 0. The van der Waals surface area contributed by atoms with Crippen molar-refractivity contribution in [2.45, 2.75) is 11.8 Å². The van der Waals surface area contributed by atoms with Crippen LogP contribution in [0.5, 0.6) is 5.75 Å². The second-order valence-electron chi connectivity index (χ2n) is 2.98. The molecule has 1 heterocycles. The molecular formula is C9H8ClNO2S. The van der Waals surface area contributed by atoms with Crippen molar-refractivity contribution < 1.29 is 8.95 Å². The Morgan fingerprint density at radius 1 is 1.50 bits per heavy atom. The number of ether oxygens (including phenoxy) is 1. The number of methoxy groups -OCH3 is 1. The Morgan fingerprint density at radius 3 is 2.86 bits per heavy atom. The minimum atomic E-state index is -1.42. The van der Waals surface area contributed by atoms with Crippen molar-refractivity contribution in [3.8, 4) is 5.75 Å². The lowest BCUT2D eigenvalue weighted by molar-refractivity contribution is 0.403. The molecule has 14 heavy (non-hydrogen) atoms. The Labute approximate surface area is 89.3 Å². The molecule has 0 aliphatic carbocycles. The van der Waals surface area contributed by atoms with E-state index < -0.39 is 11.0 Å². The minimum Gasteiger partial charge on any atom is -0.495 e. The zero-order chi connectivity index (χ0) is 10.3. The number of rotatable bonds is 1. The van der Waals surface area contributed by atoms with Gasteiger partial charge in [0.1, 0.15) is 15.8 Å². The molecule has 1 unspecified atom stereocenters. The Balaban J connectivity index is 2.72. The first-order valence-corrected chi connectivity index (χ1v) is 5.47. The fraction of sp³-hybridized carbons (Fsp3) is 0.222. The van der Waals surface area contributed by atoms with Gasteiger partial charge in [0.05, 0.1) is 7.11 Å². The van der Waals surface area contributed by atoms with Gasteiger partial charge in [-0.05, 0) is 24.6 Å². The van der Waals surface area contributed by atoms with Crippen LogP contribution < -0.4 is 4.74 Å². The van der Waals surface area contributed by atoms with Crippen molar-refractivity contribution in [3.63, 3.8) is 0 Å². The van der Waals surface area contributed by atoms with Crippen molar-refractivity contribution >= 4 is 27.8 Å². The van der Waals surface area contributed by atoms with Crippen LogP contribution in [-0.4, -0.2) is 16.5 Å². The average molecular weight is 230 g/mol. The predicted molar refractivity (Wildman–Crippen MR) is 56.5 cm³/mol. The summed E-state index contributed by atoms with van der Waals surface area (Å²) >= 11 is 5.84. The summed E-state index contributed by atoms with van der Waals surface area (Å²) in [5.41, 5.74) is 1.72. The van der Waals surface area contributed by atoms with Crippen LogP contribution in [-0.2, 0) is 11.0 Å². The molecule has 74 valence electrons. The molecule has 0 N–H and O–H groups in total. The maximum absolute atomic E-state index is 11.5. The van der Waals surface area contributed by atoms with Crippen LogP contribution in [0, 0.1) is 6.92 Å². The van der Waals surface area contributed by atoms with Crippen LogP contribution in [0.3, 0.4) is 0 Å². The van der Waals surface area contributed by atoms with Gasteiger partial charge in [-0.1, -0.05) is 11.6 Å². The quantitative estimate of drug-likeness (QED) is 0.739. The predicted octanol–water partition coefficient (Wildman–Crippen LogP) is 2.03. The summed E-state index contributed by atoms with van der Waals surface area (Å²) in [6, 6.07) is 3.68. The highest BCUT2D eigenvalue weighted by Gasteiger charge is 2.25. The summed E-state index contributed by atoms with van der Waals surface area (Å²) in [6.45, 7) is 1.92. The van der Waals surface area contributed by atoms with Crippen molar-refractivity contribution in [2.24, 2.45) is 4.40 Å². The molecular weight excluding hydrogens is 222 g/mol. The summed E-state index contributed by atoms with van der Waals surface area (Å²) in [5, 5.41) is 0.292. The summed E-state index contributed by atoms with van der Waals surface area (Å²) < 4.78 is 20.4. The normalized spacial score (nSPS) is 19.1. The zero-order valence-corrected chi connectivity index (χ0v) is 9.28. The van der Waals surface area contributed by atoms with Gasteiger partial charge in [-0.15, -0.1) is 0 Å². The molecule has 1 atom stereocenters. The van der Waals surface area contributed by atoms with Gasteiger partial charge >= 0.3 is 0 Å². The van der Waals surface area contributed by atoms with E-state index in [9.17, 15) is 4.21 Å². The van der Waals surface area contributed by atoms with Gasteiger partial charge < -0.3 is 4.74 Å². The van der Waals surface area contributed by atoms with E-state index >= 15 is 0 Å². The number of hydrogen-bond donors (Lipinski definition) is 0. The molecule has 0 saturated carbocycles. The number of aryl methyl sites for hydroxylation is 1. The Kier molecular flexibility index (Phi) is 2.33. The molecule has 3 nitrogen and oxygen atoms in total. The van der Waals surface area contributed by atoms with Crippen molar-refractivity contribution in [1.29, 1.82) is 0 Å². The molecule has 2 rings (SSSR count). The van der Waals surface area contributed by atoms with Gasteiger partial charge in [-0.3, -0.25) is 0 Å². The van der Waals surface area contributed by atoms with E-state index in [1.165, 1.54) is 0 Å². The molecule has 1 aromatic rings. The van der Waals surface area contributed by atoms with E-state index in [1.807, 2.05) is 19.1 Å². The smallest absolute Gasteiger partial charge is 0.178 e. The minimum absolute atomic E-state index is 0.292. The Bertz CT molecular complexity index is 456. The second kappa shape index (κ2) is 3.37. The third-order valence-corrected chi connectivity index (χ3v) is 3.49. The lowest BCUT2D eigenvalue weighted by Crippen LogP contribution is -1.96. The van der Waals surface area contributed by atoms with Gasteiger partial charge in [-0.2, -0.15) is 4.40 Å². The third kappa shape index (κ3) is 1.35. The molecule has 0 aromatic heterocycles. The van der Waals surface area contributed by atoms with Crippen molar-refractivity contribution in [2.75, 3.05) is 7.11 Å². The second-order valence-corrected chi connectivity index (χ2v) is 4.42. The SMILES string of the molecule is COc1cc(C)cc2c1S(=O)N=C2Cl. The highest BCUT2D eigenvalue weighted by atomic mass is 35.5. The third-order valence-electron chi connectivity index (χ3n) is 1.98. The van der Waals surface area contributed by atoms with E-state index in [0.717, 1.165) is 5.56 Å². The summed E-state index contributed by atoms with van der Waals surface area (Å²) in [7, 11) is 0.124. The lowest BCUT2D eigenvalue weighted by atomic mass is 10.1. The van der Waals surface area contributed by atoms with Crippen LogP contribution in [0.15, 0.2) is 21.4 Å². The maximum atomic E-state index is 11.5. The van der Waals surface area contributed by atoms with Crippen LogP contribution in [0.2, 0.25) is 0 Å². The molecule has 5 heteroatoms. The van der Waals surface area contributed by atoms with Gasteiger partial charge in [0.15, 0.2) is 11.0 Å². The number of hydrogen-bond acceptors (Lipinski definition) is 2. The molecule has 0 amide bonds. The molecule has 0 bridgehead atoms. The van der Waals surface area contributed by atoms with Crippen LogP contribution in [0.1, 0.15) is 11.1 Å². The lowest BCUT2D eigenvalue weighted by Gasteiger charge is -2.06. The van der Waals surface area contributed by atoms with Crippen LogP contribution in [0.25, 0.3) is 0 Å². The summed E-state index contributed by atoms with van der Waals surface area (Å²) in [4.78, 5) is 0.572. The first-order valence-electron chi connectivity index (χ1n) is 3.98. The van der Waals surface area contributed by atoms with E-state index in [2.05, 4.69) is 4.40 Å². The number of halogens is 1. The fourth-order valence-corrected chi connectivity index (χ4v) is 2.78. The molecule has 1 aliphatic rings. The van der Waals surface area contributed by atoms with Crippen molar-refractivity contribution in [3.05, 3.63) is 23.3 Å². The largest absolute Gasteiger partial charge is 0.495 e. The van der Waals surface area contributed by atoms with Gasteiger partial charge in [-0.25, -0.2) is 4.21 Å². The van der Waals surface area contributed by atoms with E-state index in [-0.39, 0.29) is 0 Å². The highest BCUT2D eigenvalue weighted by molar-refractivity contribution is 7.84. The molecule has 1 aliphatic heterocycles. The van der Waals surface area contributed by atoms with E-state index in [0.29, 0.717) is 21.4 Å². The molecule has 0 spiro atoms. The molecule has 0 saturated heterocycles. The fourth-order valence-electron chi connectivity index (χ4n) is 1.39. The van der Waals surface area contributed by atoms with Crippen LogP contribution >= 0.6 is 11.6 Å². The first-order chi connectivity index (χ1) is 6.63.